The van der Waals surface area contributed by atoms with Gasteiger partial charge in [0.25, 0.3) is 5.91 Å². The number of nitrogens with one attached hydrogen (secondary N) is 1. The Morgan fingerprint density at radius 1 is 1.37 bits per heavy atom. The highest BCUT2D eigenvalue weighted by molar-refractivity contribution is 9.10. The zero-order chi connectivity index (χ0) is 13.2. The lowest BCUT2D eigenvalue weighted by Crippen LogP contribution is -2.46. The van der Waals surface area contributed by atoms with Crippen LogP contribution < -0.4 is 5.32 Å². The molecule has 1 aromatic heterocycles. The molecule has 1 N–H and O–H groups in total. The van der Waals surface area contributed by atoms with Crippen LogP contribution >= 0.6 is 15.9 Å². The van der Waals surface area contributed by atoms with E-state index in [0.29, 0.717) is 17.8 Å². The van der Waals surface area contributed by atoms with E-state index in [9.17, 15) is 4.79 Å². The second-order valence-electron chi connectivity index (χ2n) is 5.27. The van der Waals surface area contributed by atoms with Crippen LogP contribution in [0.4, 0.5) is 0 Å². The molecule has 1 aromatic rings. The molecule has 2 atom stereocenters. The standard InChI is InChI=1S/C14H18BrN3O/c15-10-5-6-12(17-9-10)14(19)18-8-2-4-13(18)11-3-1-7-16-11/h5-6,9,11,13,16H,1-4,7-8H2. The van der Waals surface area contributed by atoms with Crippen LogP contribution in [-0.4, -0.2) is 41.0 Å². The van der Waals surface area contributed by atoms with Gasteiger partial charge in [-0.1, -0.05) is 0 Å². The van der Waals surface area contributed by atoms with E-state index >= 15 is 0 Å². The Labute approximate surface area is 121 Å². The lowest BCUT2D eigenvalue weighted by Gasteiger charge is -2.29. The minimum atomic E-state index is 0.0729. The van der Waals surface area contributed by atoms with Crippen LogP contribution in [0.5, 0.6) is 0 Å². The average molecular weight is 324 g/mol. The van der Waals surface area contributed by atoms with Crippen molar-refractivity contribution in [3.05, 3.63) is 28.5 Å². The highest BCUT2D eigenvalue weighted by Crippen LogP contribution is 2.26. The fraction of sp³-hybridized carbons (Fsp3) is 0.571. The highest BCUT2D eigenvalue weighted by atomic mass is 79.9. The largest absolute Gasteiger partial charge is 0.333 e. The fourth-order valence-electron chi connectivity index (χ4n) is 3.15. The molecule has 2 saturated heterocycles. The van der Waals surface area contributed by atoms with Gasteiger partial charge in [0.2, 0.25) is 0 Å². The summed E-state index contributed by atoms with van der Waals surface area (Å²) in [5.74, 6) is 0.0729. The summed E-state index contributed by atoms with van der Waals surface area (Å²) in [4.78, 5) is 18.8. The molecule has 102 valence electrons. The van der Waals surface area contributed by atoms with E-state index in [1.165, 1.54) is 12.8 Å². The number of pyridine rings is 1. The minimum Gasteiger partial charge on any atom is -0.333 e. The maximum atomic E-state index is 12.5. The van der Waals surface area contributed by atoms with E-state index in [2.05, 4.69) is 26.2 Å². The first-order chi connectivity index (χ1) is 9.25. The van der Waals surface area contributed by atoms with E-state index in [1.807, 2.05) is 11.0 Å². The Bertz CT molecular complexity index is 456. The molecular weight excluding hydrogens is 306 g/mol. The predicted octanol–water partition coefficient (Wildman–Crippen LogP) is 2.20. The maximum absolute atomic E-state index is 12.5. The molecule has 2 unspecified atom stereocenters. The summed E-state index contributed by atoms with van der Waals surface area (Å²) in [6, 6.07) is 4.49. The van der Waals surface area contributed by atoms with Crippen molar-refractivity contribution < 1.29 is 4.79 Å². The lowest BCUT2D eigenvalue weighted by atomic mass is 10.0. The van der Waals surface area contributed by atoms with Gasteiger partial charge in [0, 0.05) is 29.3 Å². The molecule has 3 heterocycles. The normalized spacial score (nSPS) is 26.9. The summed E-state index contributed by atoms with van der Waals surface area (Å²) >= 11 is 3.35. The number of aromatic nitrogens is 1. The Morgan fingerprint density at radius 2 is 2.26 bits per heavy atom. The van der Waals surface area contributed by atoms with Crippen molar-refractivity contribution in [3.63, 3.8) is 0 Å². The van der Waals surface area contributed by atoms with Crippen LogP contribution in [0.25, 0.3) is 0 Å². The maximum Gasteiger partial charge on any atom is 0.272 e. The minimum absolute atomic E-state index is 0.0729. The van der Waals surface area contributed by atoms with Crippen LogP contribution in [0, 0.1) is 0 Å². The molecule has 0 saturated carbocycles. The number of amides is 1. The van der Waals surface area contributed by atoms with Crippen molar-refractivity contribution in [2.45, 2.75) is 37.8 Å². The van der Waals surface area contributed by atoms with Gasteiger partial charge in [-0.05, 0) is 60.3 Å². The Hall–Kier alpha value is -0.940. The van der Waals surface area contributed by atoms with Crippen LogP contribution in [0.1, 0.15) is 36.2 Å². The van der Waals surface area contributed by atoms with E-state index in [1.54, 1.807) is 12.3 Å². The molecular formula is C14H18BrN3O. The van der Waals surface area contributed by atoms with E-state index < -0.39 is 0 Å². The first-order valence-corrected chi connectivity index (χ1v) is 7.71. The third-order valence-electron chi connectivity index (χ3n) is 4.07. The molecule has 5 heteroatoms. The van der Waals surface area contributed by atoms with Crippen LogP contribution in [-0.2, 0) is 0 Å². The van der Waals surface area contributed by atoms with Gasteiger partial charge in [0.05, 0.1) is 0 Å². The van der Waals surface area contributed by atoms with Crippen molar-refractivity contribution in [1.29, 1.82) is 0 Å². The topological polar surface area (TPSA) is 45.2 Å². The van der Waals surface area contributed by atoms with Crippen LogP contribution in [0.3, 0.4) is 0 Å². The molecule has 0 bridgehead atoms. The van der Waals surface area contributed by atoms with Crippen molar-refractivity contribution >= 4 is 21.8 Å². The summed E-state index contributed by atoms with van der Waals surface area (Å²) in [6.45, 7) is 1.94. The second kappa shape index (κ2) is 5.59. The number of likely N-dealkylation sites (tertiary alicyclic amines) is 1. The van der Waals surface area contributed by atoms with Crippen molar-refractivity contribution in [3.8, 4) is 0 Å². The zero-order valence-electron chi connectivity index (χ0n) is 10.8. The van der Waals surface area contributed by atoms with Gasteiger partial charge in [0.1, 0.15) is 5.69 Å². The number of nitrogens with zero attached hydrogens (tertiary/aromatic N) is 2. The monoisotopic (exact) mass is 323 g/mol. The lowest BCUT2D eigenvalue weighted by molar-refractivity contribution is 0.0705. The van der Waals surface area contributed by atoms with Gasteiger partial charge in [-0.3, -0.25) is 4.79 Å². The third kappa shape index (κ3) is 2.67. The Kier molecular flexibility index (Phi) is 3.84. The Morgan fingerprint density at radius 3 is 2.95 bits per heavy atom. The van der Waals surface area contributed by atoms with E-state index in [4.69, 9.17) is 0 Å². The molecule has 0 aromatic carbocycles. The molecule has 0 radical (unpaired) electrons. The molecule has 1 amide bonds. The van der Waals surface area contributed by atoms with Gasteiger partial charge in [-0.25, -0.2) is 4.98 Å². The molecule has 19 heavy (non-hydrogen) atoms. The third-order valence-corrected chi connectivity index (χ3v) is 4.54. The molecule has 3 rings (SSSR count). The number of hydrogen-bond acceptors (Lipinski definition) is 3. The van der Waals surface area contributed by atoms with Gasteiger partial charge in [-0.2, -0.15) is 0 Å². The SMILES string of the molecule is O=C(c1ccc(Br)cn1)N1CCCC1C1CCCN1. The summed E-state index contributed by atoms with van der Waals surface area (Å²) in [6.07, 6.45) is 6.30. The fourth-order valence-corrected chi connectivity index (χ4v) is 3.39. The summed E-state index contributed by atoms with van der Waals surface area (Å²) < 4.78 is 0.902. The zero-order valence-corrected chi connectivity index (χ0v) is 12.4. The molecule has 2 aliphatic heterocycles. The van der Waals surface area contributed by atoms with E-state index in [-0.39, 0.29) is 5.91 Å². The smallest absolute Gasteiger partial charge is 0.272 e. The molecule has 0 spiro atoms. The van der Waals surface area contributed by atoms with Crippen LogP contribution in [0.15, 0.2) is 22.8 Å². The van der Waals surface area contributed by atoms with Crippen LogP contribution in [0.2, 0.25) is 0 Å². The first-order valence-electron chi connectivity index (χ1n) is 6.91. The quantitative estimate of drug-likeness (QED) is 0.907. The van der Waals surface area contributed by atoms with Gasteiger partial charge >= 0.3 is 0 Å². The molecule has 0 aliphatic carbocycles. The van der Waals surface area contributed by atoms with Gasteiger partial charge < -0.3 is 10.2 Å². The number of carbonyl (C=O) groups excluding carboxylic acids is 1. The number of carbonyl (C=O) groups is 1. The number of rotatable bonds is 2. The highest BCUT2D eigenvalue weighted by Gasteiger charge is 2.36. The first kappa shape index (κ1) is 13.1. The average Bonchev–Trinajstić information content (AvgIpc) is 3.09. The van der Waals surface area contributed by atoms with Gasteiger partial charge in [-0.15, -0.1) is 0 Å². The predicted molar refractivity (Wildman–Crippen MR) is 77.0 cm³/mol. The summed E-state index contributed by atoms with van der Waals surface area (Å²) in [7, 11) is 0. The molecule has 4 nitrogen and oxygen atoms in total. The van der Waals surface area contributed by atoms with Gasteiger partial charge in [0.15, 0.2) is 0 Å². The molecule has 2 aliphatic rings. The van der Waals surface area contributed by atoms with Crippen molar-refractivity contribution in [1.82, 2.24) is 15.2 Å². The van der Waals surface area contributed by atoms with Crippen molar-refractivity contribution in [2.75, 3.05) is 13.1 Å². The van der Waals surface area contributed by atoms with E-state index in [0.717, 1.165) is 30.4 Å². The summed E-state index contributed by atoms with van der Waals surface area (Å²) in [5, 5.41) is 3.52. The summed E-state index contributed by atoms with van der Waals surface area (Å²) in [5.41, 5.74) is 0.549. The number of halogens is 1. The molecule has 2 fully saturated rings. The van der Waals surface area contributed by atoms with Crippen molar-refractivity contribution in [2.24, 2.45) is 0 Å². The number of hydrogen-bond donors (Lipinski definition) is 1. The Balaban J connectivity index is 1.76. The second-order valence-corrected chi connectivity index (χ2v) is 6.19.